The third kappa shape index (κ3) is 2.42. The molecule has 3 heterocycles. The maximum absolute atomic E-state index is 14.2. The van der Waals surface area contributed by atoms with Crippen LogP contribution in [-0.4, -0.2) is 60.3 Å². The smallest absolute Gasteiger partial charge is 0.186 e. The van der Waals surface area contributed by atoms with Crippen molar-refractivity contribution in [2.75, 3.05) is 44.3 Å². The fourth-order valence-electron chi connectivity index (χ4n) is 2.83. The van der Waals surface area contributed by atoms with Crippen LogP contribution in [0.3, 0.4) is 0 Å². The summed E-state index contributed by atoms with van der Waals surface area (Å²) in [6.45, 7) is 8.51. The van der Waals surface area contributed by atoms with Gasteiger partial charge in [0.25, 0.3) is 0 Å². The third-order valence-corrected chi connectivity index (χ3v) is 3.85. The molecule has 0 aromatic carbocycles. The van der Waals surface area contributed by atoms with Crippen LogP contribution in [0.4, 0.5) is 10.2 Å². The Kier molecular flexibility index (Phi) is 3.36. The second kappa shape index (κ2) is 5.02. The Morgan fingerprint density at radius 2 is 2.05 bits per heavy atom. The lowest BCUT2D eigenvalue weighted by Gasteiger charge is -2.44. The summed E-state index contributed by atoms with van der Waals surface area (Å²) in [5.41, 5.74) is 0.421. The van der Waals surface area contributed by atoms with E-state index in [0.717, 1.165) is 39.4 Å². The third-order valence-electron chi connectivity index (χ3n) is 3.85. The van der Waals surface area contributed by atoms with Gasteiger partial charge in [0.15, 0.2) is 11.6 Å². The van der Waals surface area contributed by atoms with Gasteiger partial charge in [0.1, 0.15) is 5.82 Å². The van der Waals surface area contributed by atoms with E-state index in [1.165, 1.54) is 0 Å². The van der Waals surface area contributed by atoms with Crippen molar-refractivity contribution in [1.82, 2.24) is 14.9 Å². The van der Waals surface area contributed by atoms with Gasteiger partial charge in [-0.1, -0.05) is 0 Å². The van der Waals surface area contributed by atoms with E-state index in [9.17, 15) is 4.39 Å². The average molecular weight is 266 g/mol. The molecule has 3 rings (SSSR count). The number of piperazine rings is 1. The van der Waals surface area contributed by atoms with Crippen LogP contribution in [0.15, 0.2) is 0 Å². The van der Waals surface area contributed by atoms with Crippen molar-refractivity contribution in [3.63, 3.8) is 0 Å². The number of rotatable bonds is 1. The van der Waals surface area contributed by atoms with Crippen molar-refractivity contribution in [1.29, 1.82) is 0 Å². The molecule has 19 heavy (non-hydrogen) atoms. The van der Waals surface area contributed by atoms with E-state index in [-0.39, 0.29) is 5.82 Å². The minimum atomic E-state index is -0.296. The van der Waals surface area contributed by atoms with E-state index < -0.39 is 0 Å². The molecule has 2 aliphatic rings. The molecule has 1 aromatic heterocycles. The van der Waals surface area contributed by atoms with Crippen molar-refractivity contribution in [2.45, 2.75) is 19.9 Å². The molecule has 0 spiro atoms. The molecule has 1 aromatic rings. The van der Waals surface area contributed by atoms with Crippen molar-refractivity contribution >= 4 is 5.82 Å². The number of aryl methyl sites for hydroxylation is 2. The molecule has 0 radical (unpaired) electrons. The maximum atomic E-state index is 14.2. The number of nitrogens with zero attached hydrogens (tertiary/aromatic N) is 4. The normalized spacial score (nSPS) is 24.4. The van der Waals surface area contributed by atoms with Gasteiger partial charge < -0.3 is 9.64 Å². The predicted octanol–water partition coefficient (Wildman–Crippen LogP) is 0.753. The zero-order valence-corrected chi connectivity index (χ0v) is 11.4. The zero-order chi connectivity index (χ0) is 13.4. The number of ether oxygens (including phenoxy) is 1. The first kappa shape index (κ1) is 12.7. The Morgan fingerprint density at radius 3 is 2.89 bits per heavy atom. The SMILES string of the molecule is Cc1nc(C)c(F)c(N2CCN3CCOCC3C2)n1. The fraction of sp³-hybridized carbons (Fsp3) is 0.692. The Bertz CT molecular complexity index is 482. The molecule has 0 bridgehead atoms. The fourth-order valence-corrected chi connectivity index (χ4v) is 2.83. The van der Waals surface area contributed by atoms with Crippen LogP contribution < -0.4 is 4.90 Å². The van der Waals surface area contributed by atoms with Gasteiger partial charge in [-0.15, -0.1) is 0 Å². The number of halogens is 1. The summed E-state index contributed by atoms with van der Waals surface area (Å²) in [6.07, 6.45) is 0. The summed E-state index contributed by atoms with van der Waals surface area (Å²) in [5.74, 6) is 0.766. The highest BCUT2D eigenvalue weighted by Crippen LogP contribution is 2.23. The highest BCUT2D eigenvalue weighted by Gasteiger charge is 2.31. The second-order valence-corrected chi connectivity index (χ2v) is 5.20. The number of morpholine rings is 1. The number of hydrogen-bond acceptors (Lipinski definition) is 5. The Hall–Kier alpha value is -1.27. The maximum Gasteiger partial charge on any atom is 0.186 e. The molecule has 1 atom stereocenters. The minimum Gasteiger partial charge on any atom is -0.378 e. The van der Waals surface area contributed by atoms with Crippen LogP contribution in [-0.2, 0) is 4.74 Å². The molecule has 2 saturated heterocycles. The molecular weight excluding hydrogens is 247 g/mol. The Morgan fingerprint density at radius 1 is 1.21 bits per heavy atom. The number of anilines is 1. The quantitative estimate of drug-likeness (QED) is 0.750. The van der Waals surface area contributed by atoms with E-state index in [4.69, 9.17) is 4.74 Å². The molecule has 2 aliphatic heterocycles. The molecule has 2 fully saturated rings. The molecule has 104 valence electrons. The Balaban J connectivity index is 1.83. The standard InChI is InChI=1S/C13H19FN4O/c1-9-12(14)13(16-10(2)15-9)18-4-3-17-5-6-19-8-11(17)7-18/h11H,3-8H2,1-2H3. The lowest BCUT2D eigenvalue weighted by Crippen LogP contribution is -2.58. The summed E-state index contributed by atoms with van der Waals surface area (Å²) in [6, 6.07) is 0.345. The van der Waals surface area contributed by atoms with E-state index in [1.54, 1.807) is 13.8 Å². The molecule has 0 aliphatic carbocycles. The zero-order valence-electron chi connectivity index (χ0n) is 11.4. The van der Waals surface area contributed by atoms with Gasteiger partial charge in [-0.25, -0.2) is 14.4 Å². The van der Waals surface area contributed by atoms with Crippen molar-refractivity contribution in [3.05, 3.63) is 17.3 Å². The first-order valence-corrected chi connectivity index (χ1v) is 6.72. The molecular formula is C13H19FN4O. The van der Waals surface area contributed by atoms with Crippen LogP contribution in [0, 0.1) is 19.7 Å². The monoisotopic (exact) mass is 266 g/mol. The first-order chi connectivity index (χ1) is 9.15. The molecule has 6 heteroatoms. The number of fused-ring (bicyclic) bond motifs is 1. The highest BCUT2D eigenvalue weighted by atomic mass is 19.1. The highest BCUT2D eigenvalue weighted by molar-refractivity contribution is 5.42. The second-order valence-electron chi connectivity index (χ2n) is 5.20. The van der Waals surface area contributed by atoms with Gasteiger partial charge in [-0.05, 0) is 13.8 Å². The van der Waals surface area contributed by atoms with Crippen LogP contribution in [0.2, 0.25) is 0 Å². The van der Waals surface area contributed by atoms with E-state index in [2.05, 4.69) is 14.9 Å². The number of hydrogen-bond donors (Lipinski definition) is 0. The first-order valence-electron chi connectivity index (χ1n) is 6.72. The van der Waals surface area contributed by atoms with Crippen LogP contribution >= 0.6 is 0 Å². The minimum absolute atomic E-state index is 0.296. The van der Waals surface area contributed by atoms with Crippen molar-refractivity contribution in [3.8, 4) is 0 Å². The largest absolute Gasteiger partial charge is 0.378 e. The van der Waals surface area contributed by atoms with Gasteiger partial charge in [0, 0.05) is 26.2 Å². The summed E-state index contributed by atoms with van der Waals surface area (Å²) in [7, 11) is 0. The topological polar surface area (TPSA) is 41.5 Å². The van der Waals surface area contributed by atoms with Crippen LogP contribution in [0.1, 0.15) is 11.5 Å². The molecule has 0 N–H and O–H groups in total. The average Bonchev–Trinajstić information content (AvgIpc) is 2.42. The van der Waals surface area contributed by atoms with Gasteiger partial charge >= 0.3 is 0 Å². The number of aromatic nitrogens is 2. The van der Waals surface area contributed by atoms with Gasteiger partial charge in [-0.3, -0.25) is 4.90 Å². The molecule has 0 saturated carbocycles. The molecule has 1 unspecified atom stereocenters. The van der Waals surface area contributed by atoms with Crippen LogP contribution in [0.5, 0.6) is 0 Å². The van der Waals surface area contributed by atoms with Gasteiger partial charge in [-0.2, -0.15) is 0 Å². The summed E-state index contributed by atoms with van der Waals surface area (Å²) in [5, 5.41) is 0. The van der Waals surface area contributed by atoms with Gasteiger partial charge in [0.2, 0.25) is 0 Å². The van der Waals surface area contributed by atoms with Crippen molar-refractivity contribution in [2.24, 2.45) is 0 Å². The Labute approximate surface area is 112 Å². The van der Waals surface area contributed by atoms with Crippen LogP contribution in [0.25, 0.3) is 0 Å². The summed E-state index contributed by atoms with van der Waals surface area (Å²) in [4.78, 5) is 12.8. The lowest BCUT2D eigenvalue weighted by atomic mass is 10.1. The van der Waals surface area contributed by atoms with Gasteiger partial charge in [0.05, 0.1) is 24.9 Å². The summed E-state index contributed by atoms with van der Waals surface area (Å²) >= 11 is 0. The van der Waals surface area contributed by atoms with Crippen molar-refractivity contribution < 1.29 is 9.13 Å². The summed E-state index contributed by atoms with van der Waals surface area (Å²) < 4.78 is 19.7. The molecule has 5 nitrogen and oxygen atoms in total. The van der Waals surface area contributed by atoms with E-state index >= 15 is 0 Å². The lowest BCUT2D eigenvalue weighted by molar-refractivity contribution is -0.0118. The van der Waals surface area contributed by atoms with E-state index in [0.29, 0.717) is 23.4 Å². The molecule has 0 amide bonds. The predicted molar refractivity (Wildman–Crippen MR) is 69.9 cm³/mol. The van der Waals surface area contributed by atoms with E-state index in [1.807, 2.05) is 4.90 Å².